The number of Topliss-reactive ketones (excluding diaryl/α,β-unsaturated/α-hetero) is 1. The lowest BCUT2D eigenvalue weighted by atomic mass is 10.1. The van der Waals surface area contributed by atoms with Crippen LogP contribution in [0.4, 0.5) is 28.4 Å². The minimum atomic E-state index is -0.111. The van der Waals surface area contributed by atoms with Crippen LogP contribution >= 0.6 is 21.6 Å². The summed E-state index contributed by atoms with van der Waals surface area (Å²) in [5.74, 6) is 3.39. The first-order valence-corrected chi connectivity index (χ1v) is 24.8. The van der Waals surface area contributed by atoms with Crippen molar-refractivity contribution in [3.63, 3.8) is 0 Å². The molecule has 0 aromatic heterocycles. The predicted octanol–water partition coefficient (Wildman–Crippen LogP) is 9.33. The maximum atomic E-state index is 14.0. The molecule has 0 fully saturated rings. The number of para-hydroxylation sites is 2. The fourth-order valence-corrected chi connectivity index (χ4v) is 11.3. The van der Waals surface area contributed by atoms with E-state index in [9.17, 15) is 19.2 Å². The first-order chi connectivity index (χ1) is 32.2. The fraction of sp³-hybridized carbons (Fsp3) is 0.333. The number of carbonyl (C=O) groups excluding carboxylic acids is 4. The number of anilines is 5. The standard InChI is InChI=1S/C51H53N5O8S2/c1-31(57)10-8-16-65-66-17-9-15-49(58)54-36-19-32(29-63-47-25-41-39(23-45(47)61-2)50(59)55-37(27-52-41)21-34-11-4-6-13-43(34)55)18-33(20-36)30-64-48-26-42-40(24-46(48)62-3)51(60)56-38(28-53-42)22-35-12-5-7-14-44(35)56/h4-7,11-14,18-20,23-26,37-38,52-53H,8-10,15-17,21-22,27-30H2,1-3H3,(H,54,58)/t37-,38-/m0/s1. The van der Waals surface area contributed by atoms with Gasteiger partial charge in [-0.15, -0.1) is 0 Å². The maximum Gasteiger partial charge on any atom is 0.260 e. The quantitative estimate of drug-likeness (QED) is 0.0568. The average Bonchev–Trinajstić information content (AvgIpc) is 3.81. The van der Waals surface area contributed by atoms with Crippen LogP contribution in [0.1, 0.15) is 75.6 Å². The second kappa shape index (κ2) is 20.0. The molecule has 2 atom stereocenters. The largest absolute Gasteiger partial charge is 0.493 e. The molecule has 4 aliphatic rings. The van der Waals surface area contributed by atoms with Crippen molar-refractivity contribution in [3.8, 4) is 23.0 Å². The zero-order valence-corrected chi connectivity index (χ0v) is 38.9. The lowest BCUT2D eigenvalue weighted by Gasteiger charge is -2.23. The van der Waals surface area contributed by atoms with Gasteiger partial charge in [-0.1, -0.05) is 58.0 Å². The topological polar surface area (TPSA) is 148 Å². The molecule has 342 valence electrons. The lowest BCUT2D eigenvalue weighted by Crippen LogP contribution is -2.39. The lowest BCUT2D eigenvalue weighted by molar-refractivity contribution is -0.117. The highest BCUT2D eigenvalue weighted by Crippen LogP contribution is 2.43. The van der Waals surface area contributed by atoms with Crippen molar-refractivity contribution in [1.82, 2.24) is 0 Å². The van der Waals surface area contributed by atoms with Gasteiger partial charge < -0.3 is 49.5 Å². The van der Waals surface area contributed by atoms with E-state index in [4.69, 9.17) is 18.9 Å². The van der Waals surface area contributed by atoms with Gasteiger partial charge in [0, 0.05) is 66.6 Å². The van der Waals surface area contributed by atoms with Gasteiger partial charge in [-0.05, 0) is 97.3 Å². The van der Waals surface area contributed by atoms with Crippen LogP contribution < -0.4 is 44.7 Å². The predicted molar refractivity (Wildman–Crippen MR) is 262 cm³/mol. The highest BCUT2D eigenvalue weighted by molar-refractivity contribution is 8.76. The van der Waals surface area contributed by atoms with E-state index < -0.39 is 0 Å². The highest BCUT2D eigenvalue weighted by atomic mass is 33.1. The molecular formula is C51H53N5O8S2. The molecule has 0 saturated heterocycles. The molecule has 0 aliphatic carbocycles. The molecule has 0 radical (unpaired) electrons. The molecule has 4 aliphatic heterocycles. The first kappa shape index (κ1) is 44.9. The summed E-state index contributed by atoms with van der Waals surface area (Å²) in [5.41, 5.74) is 8.65. The van der Waals surface area contributed by atoms with Gasteiger partial charge in [0.15, 0.2) is 23.0 Å². The summed E-state index contributed by atoms with van der Waals surface area (Å²) in [6, 6.07) is 28.9. The molecule has 0 spiro atoms. The molecule has 4 heterocycles. The first-order valence-electron chi connectivity index (χ1n) is 22.3. The van der Waals surface area contributed by atoms with Gasteiger partial charge in [0.1, 0.15) is 19.0 Å². The third kappa shape index (κ3) is 9.64. The Morgan fingerprint density at radius 2 is 1.14 bits per heavy atom. The van der Waals surface area contributed by atoms with Gasteiger partial charge in [0.2, 0.25) is 5.91 Å². The Labute approximate surface area is 392 Å². The number of nitrogens with one attached hydrogen (secondary N) is 3. The Morgan fingerprint density at radius 1 is 0.652 bits per heavy atom. The third-order valence-electron chi connectivity index (χ3n) is 12.3. The number of methoxy groups -OCH3 is 2. The van der Waals surface area contributed by atoms with Crippen molar-refractivity contribution in [2.75, 3.05) is 64.6 Å². The number of amides is 3. The van der Waals surface area contributed by atoms with Crippen LogP contribution in [0.3, 0.4) is 0 Å². The van der Waals surface area contributed by atoms with Crippen LogP contribution in [0, 0.1) is 0 Å². The highest BCUT2D eigenvalue weighted by Gasteiger charge is 2.39. The molecule has 13 nitrogen and oxygen atoms in total. The number of ether oxygens (including phenoxy) is 4. The zero-order chi connectivity index (χ0) is 45.7. The normalized spacial score (nSPS) is 16.5. The van der Waals surface area contributed by atoms with Crippen LogP contribution in [0.5, 0.6) is 23.0 Å². The fourth-order valence-electron chi connectivity index (χ4n) is 9.16. The zero-order valence-electron chi connectivity index (χ0n) is 37.3. The summed E-state index contributed by atoms with van der Waals surface area (Å²) in [4.78, 5) is 56.4. The summed E-state index contributed by atoms with van der Waals surface area (Å²) in [6.45, 7) is 3.01. The Hall–Kier alpha value is -6.32. The Bertz CT molecular complexity index is 2520. The number of rotatable bonds is 18. The summed E-state index contributed by atoms with van der Waals surface area (Å²) < 4.78 is 24.5. The molecule has 0 saturated carbocycles. The van der Waals surface area contributed by atoms with Crippen molar-refractivity contribution in [3.05, 3.63) is 124 Å². The van der Waals surface area contributed by atoms with E-state index in [0.717, 1.165) is 64.4 Å². The molecule has 0 unspecified atom stereocenters. The molecule has 0 bridgehead atoms. The van der Waals surface area contributed by atoms with E-state index in [1.807, 2.05) is 76.5 Å². The van der Waals surface area contributed by atoms with Crippen LogP contribution in [-0.4, -0.2) is 74.4 Å². The van der Waals surface area contributed by atoms with Crippen LogP contribution in [0.25, 0.3) is 0 Å². The molecule has 15 heteroatoms. The van der Waals surface area contributed by atoms with Crippen LogP contribution in [-0.2, 0) is 35.6 Å². The third-order valence-corrected chi connectivity index (χ3v) is 14.9. The number of hydrogen-bond acceptors (Lipinski definition) is 12. The van der Waals surface area contributed by atoms with E-state index in [1.165, 1.54) is 0 Å². The van der Waals surface area contributed by atoms with Gasteiger partial charge in [0.05, 0.1) is 48.8 Å². The SMILES string of the molecule is COc1cc2c(cc1OCc1cc(COc3cc4c(cc3OC)C(=O)N3c5ccccc5C[C@H]3CN4)cc(NC(=O)CCCSSCCCC(C)=O)c1)NC[C@@H]1Cc3ccccc3N1C2=O. The molecule has 3 N–H and O–H groups in total. The average molecular weight is 928 g/mol. The number of nitrogens with zero attached hydrogens (tertiary/aromatic N) is 2. The van der Waals surface area contributed by atoms with Crippen molar-refractivity contribution in [1.29, 1.82) is 0 Å². The van der Waals surface area contributed by atoms with E-state index >= 15 is 0 Å². The molecule has 5 aromatic carbocycles. The number of benzene rings is 5. The number of hydrogen-bond donors (Lipinski definition) is 3. The van der Waals surface area contributed by atoms with E-state index in [2.05, 4.69) is 28.1 Å². The number of fused-ring (bicyclic) bond motifs is 8. The summed E-state index contributed by atoms with van der Waals surface area (Å²) in [6.07, 6.45) is 4.04. The summed E-state index contributed by atoms with van der Waals surface area (Å²) in [5, 5.41) is 10.1. The summed E-state index contributed by atoms with van der Waals surface area (Å²) in [7, 11) is 6.55. The number of ketones is 1. The minimum Gasteiger partial charge on any atom is -0.493 e. The van der Waals surface area contributed by atoms with Crippen molar-refractivity contribution in [2.24, 2.45) is 0 Å². The number of carbonyl (C=O) groups is 4. The van der Waals surface area contributed by atoms with Gasteiger partial charge in [0.25, 0.3) is 11.8 Å². The summed E-state index contributed by atoms with van der Waals surface area (Å²) >= 11 is 0. The van der Waals surface area contributed by atoms with Crippen LogP contribution in [0.2, 0.25) is 0 Å². The molecule has 66 heavy (non-hydrogen) atoms. The molecular weight excluding hydrogens is 875 g/mol. The van der Waals surface area contributed by atoms with Crippen LogP contribution in [0.15, 0.2) is 91.0 Å². The molecule has 3 amide bonds. The van der Waals surface area contributed by atoms with Gasteiger partial charge in [-0.2, -0.15) is 0 Å². The Kier molecular flexibility index (Phi) is 13.6. The van der Waals surface area contributed by atoms with Gasteiger partial charge in [-0.3, -0.25) is 14.4 Å². The van der Waals surface area contributed by atoms with Crippen molar-refractivity contribution >= 4 is 73.5 Å². The molecule has 9 rings (SSSR count). The van der Waals surface area contributed by atoms with Crippen molar-refractivity contribution in [2.45, 2.75) is 70.7 Å². The van der Waals surface area contributed by atoms with Gasteiger partial charge >= 0.3 is 0 Å². The Balaban J connectivity index is 0.925. The van der Waals surface area contributed by atoms with Crippen molar-refractivity contribution < 1.29 is 38.1 Å². The minimum absolute atomic E-state index is 0.0158. The van der Waals surface area contributed by atoms with E-state index in [1.54, 1.807) is 54.9 Å². The van der Waals surface area contributed by atoms with E-state index in [-0.39, 0.29) is 48.8 Å². The smallest absolute Gasteiger partial charge is 0.260 e. The molecule has 5 aromatic rings. The monoisotopic (exact) mass is 927 g/mol. The van der Waals surface area contributed by atoms with Gasteiger partial charge in [-0.25, -0.2) is 0 Å². The van der Waals surface area contributed by atoms with E-state index in [0.29, 0.717) is 83.5 Å². The maximum absolute atomic E-state index is 14.0. The Morgan fingerprint density at radius 3 is 1.62 bits per heavy atom. The second-order valence-corrected chi connectivity index (χ2v) is 19.6. The second-order valence-electron chi connectivity index (χ2n) is 16.9.